The molecule has 0 saturated carbocycles. The average Bonchev–Trinajstić information content (AvgIpc) is 3.21. The number of hydrogen-bond acceptors (Lipinski definition) is 5. The third-order valence-electron chi connectivity index (χ3n) is 3.58. The van der Waals surface area contributed by atoms with Crippen LogP contribution in [0.4, 0.5) is 5.69 Å². The van der Waals surface area contributed by atoms with Gasteiger partial charge in [-0.1, -0.05) is 0 Å². The number of carbonyl (C=O) groups excluding carboxylic acids is 1. The van der Waals surface area contributed by atoms with Gasteiger partial charge >= 0.3 is 0 Å². The zero-order chi connectivity index (χ0) is 18.2. The monoisotopic (exact) mass is 349 g/mol. The molecule has 0 aliphatic carbocycles. The maximum atomic E-state index is 12.2. The van der Waals surface area contributed by atoms with Crippen molar-refractivity contribution in [1.82, 2.24) is 15.2 Å². The van der Waals surface area contributed by atoms with Crippen molar-refractivity contribution >= 4 is 17.7 Å². The summed E-state index contributed by atoms with van der Waals surface area (Å²) in [4.78, 5) is 16.3. The summed E-state index contributed by atoms with van der Waals surface area (Å²) in [5.41, 5.74) is 8.78. The minimum atomic E-state index is -0.234. The summed E-state index contributed by atoms with van der Waals surface area (Å²) in [6.07, 6.45) is 10.1. The van der Waals surface area contributed by atoms with Crippen molar-refractivity contribution in [2.75, 3.05) is 18.5 Å². The third-order valence-corrected chi connectivity index (χ3v) is 3.58. The maximum Gasteiger partial charge on any atom is 0.248 e. The lowest BCUT2D eigenvalue weighted by Gasteiger charge is -2.06. The number of nitrogens with two attached hydrogens (primary N) is 1. The van der Waals surface area contributed by atoms with E-state index in [1.807, 2.05) is 6.07 Å². The highest BCUT2D eigenvalue weighted by Crippen LogP contribution is 2.22. The molecule has 3 rings (SSSR count). The van der Waals surface area contributed by atoms with E-state index in [-0.39, 0.29) is 5.91 Å². The Bertz CT molecular complexity index is 873. The molecule has 3 aromatic rings. The van der Waals surface area contributed by atoms with Crippen LogP contribution in [0.2, 0.25) is 0 Å². The van der Waals surface area contributed by atoms with Gasteiger partial charge < -0.3 is 15.8 Å². The van der Waals surface area contributed by atoms with Crippen molar-refractivity contribution in [2.24, 2.45) is 5.73 Å². The topological polar surface area (TPSA) is 106 Å². The standard InChI is InChI=1S/C19H19N5O2/c20-8-10-26-17-4-2-16(3-5-17)24-19(25)6-1-14-11-21-9-7-18(14)15-12-22-23-13-15/h1-7,9,11-13H,8,10,20H2,(H,22,23)(H,24,25)/b6-1+. The van der Waals surface area contributed by atoms with Gasteiger partial charge in [0.1, 0.15) is 12.4 Å². The second-order valence-electron chi connectivity index (χ2n) is 5.43. The van der Waals surface area contributed by atoms with Gasteiger partial charge in [-0.15, -0.1) is 0 Å². The molecular formula is C19H19N5O2. The van der Waals surface area contributed by atoms with Gasteiger partial charge in [0.15, 0.2) is 0 Å². The van der Waals surface area contributed by atoms with E-state index in [4.69, 9.17) is 10.5 Å². The lowest BCUT2D eigenvalue weighted by molar-refractivity contribution is -0.111. The zero-order valence-corrected chi connectivity index (χ0v) is 14.1. The van der Waals surface area contributed by atoms with E-state index in [0.29, 0.717) is 24.6 Å². The smallest absolute Gasteiger partial charge is 0.248 e. The minimum Gasteiger partial charge on any atom is -0.492 e. The lowest BCUT2D eigenvalue weighted by Crippen LogP contribution is -2.11. The number of nitrogens with one attached hydrogen (secondary N) is 2. The summed E-state index contributed by atoms with van der Waals surface area (Å²) in [6, 6.07) is 9.00. The predicted molar refractivity (Wildman–Crippen MR) is 100 cm³/mol. The highest BCUT2D eigenvalue weighted by molar-refractivity contribution is 6.02. The largest absolute Gasteiger partial charge is 0.492 e. The van der Waals surface area contributed by atoms with Crippen LogP contribution in [-0.2, 0) is 4.79 Å². The fourth-order valence-corrected chi connectivity index (χ4v) is 2.36. The Morgan fingerprint density at radius 2 is 2.08 bits per heavy atom. The summed E-state index contributed by atoms with van der Waals surface area (Å²) in [5.74, 6) is 0.478. The number of carbonyl (C=O) groups is 1. The zero-order valence-electron chi connectivity index (χ0n) is 14.1. The Morgan fingerprint density at radius 1 is 1.23 bits per heavy atom. The summed E-state index contributed by atoms with van der Waals surface area (Å²) >= 11 is 0. The molecule has 0 bridgehead atoms. The molecule has 1 amide bonds. The molecule has 0 aliphatic heterocycles. The number of amides is 1. The molecule has 132 valence electrons. The molecule has 4 N–H and O–H groups in total. The molecule has 0 fully saturated rings. The number of aromatic amines is 1. The molecule has 0 aliphatic rings. The summed E-state index contributed by atoms with van der Waals surface area (Å²) in [7, 11) is 0. The summed E-state index contributed by atoms with van der Waals surface area (Å²) in [6.45, 7) is 0.914. The van der Waals surface area contributed by atoms with Crippen molar-refractivity contribution in [3.05, 3.63) is 66.8 Å². The predicted octanol–water partition coefficient (Wildman–Crippen LogP) is 2.46. The van der Waals surface area contributed by atoms with Crippen molar-refractivity contribution < 1.29 is 9.53 Å². The molecule has 0 unspecified atom stereocenters. The van der Waals surface area contributed by atoms with Crippen molar-refractivity contribution in [3.8, 4) is 16.9 Å². The number of rotatable bonds is 7. The van der Waals surface area contributed by atoms with Crippen LogP contribution in [0.3, 0.4) is 0 Å². The Kier molecular flexibility index (Phi) is 5.74. The normalized spacial score (nSPS) is 10.8. The molecule has 0 radical (unpaired) electrons. The molecule has 1 aromatic carbocycles. The van der Waals surface area contributed by atoms with Gasteiger partial charge in [-0.2, -0.15) is 5.10 Å². The van der Waals surface area contributed by atoms with Crippen LogP contribution in [0, 0.1) is 0 Å². The number of aromatic nitrogens is 3. The second kappa shape index (κ2) is 8.59. The number of hydrogen-bond donors (Lipinski definition) is 3. The summed E-state index contributed by atoms with van der Waals surface area (Å²) < 4.78 is 5.40. The van der Waals surface area contributed by atoms with E-state index in [2.05, 4.69) is 20.5 Å². The highest BCUT2D eigenvalue weighted by Gasteiger charge is 2.05. The van der Waals surface area contributed by atoms with Gasteiger partial charge in [-0.3, -0.25) is 14.9 Å². The molecule has 0 saturated heterocycles. The number of ether oxygens (including phenoxy) is 1. The van der Waals surface area contributed by atoms with Crippen molar-refractivity contribution in [2.45, 2.75) is 0 Å². The maximum absolute atomic E-state index is 12.2. The van der Waals surface area contributed by atoms with Gasteiger partial charge in [0.25, 0.3) is 0 Å². The lowest BCUT2D eigenvalue weighted by atomic mass is 10.0. The van der Waals surface area contributed by atoms with Gasteiger partial charge in [-0.25, -0.2) is 0 Å². The van der Waals surface area contributed by atoms with E-state index in [9.17, 15) is 4.79 Å². The van der Waals surface area contributed by atoms with E-state index < -0.39 is 0 Å². The van der Waals surface area contributed by atoms with E-state index >= 15 is 0 Å². The van der Waals surface area contributed by atoms with Gasteiger partial charge in [0.2, 0.25) is 5.91 Å². The van der Waals surface area contributed by atoms with Crippen molar-refractivity contribution in [3.63, 3.8) is 0 Å². The molecular weight excluding hydrogens is 330 g/mol. The first-order valence-corrected chi connectivity index (χ1v) is 8.11. The van der Waals surface area contributed by atoms with Crippen LogP contribution in [0.15, 0.2) is 61.2 Å². The van der Waals surface area contributed by atoms with Crippen molar-refractivity contribution in [1.29, 1.82) is 0 Å². The minimum absolute atomic E-state index is 0.234. The van der Waals surface area contributed by atoms with Crippen LogP contribution < -0.4 is 15.8 Å². The Labute approximate surface area is 150 Å². The molecule has 7 heteroatoms. The quantitative estimate of drug-likeness (QED) is 0.568. The average molecular weight is 349 g/mol. The van der Waals surface area contributed by atoms with E-state index in [1.165, 1.54) is 6.08 Å². The number of anilines is 1. The van der Waals surface area contributed by atoms with Gasteiger partial charge in [0, 0.05) is 48.0 Å². The summed E-state index contributed by atoms with van der Waals surface area (Å²) in [5, 5.41) is 9.53. The van der Waals surface area contributed by atoms with Crippen LogP contribution in [0.5, 0.6) is 5.75 Å². The Morgan fingerprint density at radius 3 is 2.81 bits per heavy atom. The molecule has 0 atom stereocenters. The van der Waals surface area contributed by atoms with Crippen LogP contribution in [-0.4, -0.2) is 34.2 Å². The van der Waals surface area contributed by atoms with Crippen LogP contribution in [0.1, 0.15) is 5.56 Å². The third kappa shape index (κ3) is 4.55. The van der Waals surface area contributed by atoms with E-state index in [0.717, 1.165) is 16.7 Å². The number of H-pyrrole nitrogens is 1. The number of benzene rings is 1. The number of nitrogens with zero attached hydrogens (tertiary/aromatic N) is 2. The Hall–Kier alpha value is -3.45. The fraction of sp³-hybridized carbons (Fsp3) is 0.105. The molecule has 7 nitrogen and oxygen atoms in total. The SMILES string of the molecule is NCCOc1ccc(NC(=O)/C=C/c2cnccc2-c2cn[nH]c2)cc1. The first-order chi connectivity index (χ1) is 12.8. The number of pyridine rings is 1. The van der Waals surface area contributed by atoms with Gasteiger partial charge in [0.05, 0.1) is 6.20 Å². The Balaban J connectivity index is 1.65. The molecule has 2 heterocycles. The van der Waals surface area contributed by atoms with Gasteiger partial charge in [-0.05, 0) is 42.0 Å². The molecule has 2 aromatic heterocycles. The highest BCUT2D eigenvalue weighted by atomic mass is 16.5. The first-order valence-electron chi connectivity index (χ1n) is 8.11. The fourth-order valence-electron chi connectivity index (χ4n) is 2.36. The molecule has 0 spiro atoms. The first kappa shape index (κ1) is 17.4. The second-order valence-corrected chi connectivity index (χ2v) is 5.43. The molecule has 26 heavy (non-hydrogen) atoms. The van der Waals surface area contributed by atoms with Crippen LogP contribution in [0.25, 0.3) is 17.2 Å². The van der Waals surface area contributed by atoms with E-state index in [1.54, 1.807) is 55.1 Å². The van der Waals surface area contributed by atoms with Crippen LogP contribution >= 0.6 is 0 Å².